The minimum atomic E-state index is -0.656. The molecule has 0 saturated carbocycles. The van der Waals surface area contributed by atoms with Gasteiger partial charge in [-0.25, -0.2) is 9.18 Å². The van der Waals surface area contributed by atoms with Crippen molar-refractivity contribution >= 4 is 28.7 Å². The van der Waals surface area contributed by atoms with Crippen LogP contribution in [0.15, 0.2) is 54.7 Å². The number of ether oxygens (including phenoxy) is 1. The number of carbonyl (C=O) groups is 2. The average Bonchev–Trinajstić information content (AvgIpc) is 3.08. The summed E-state index contributed by atoms with van der Waals surface area (Å²) in [7, 11) is 0. The van der Waals surface area contributed by atoms with Crippen molar-refractivity contribution in [3.8, 4) is 0 Å². The molecule has 1 heterocycles. The lowest BCUT2D eigenvalue weighted by molar-refractivity contribution is -0.136. The number of H-pyrrole nitrogens is 1. The molecular formula is C21H18FNO3. The van der Waals surface area contributed by atoms with Gasteiger partial charge >= 0.3 is 5.97 Å². The highest BCUT2D eigenvalue weighted by molar-refractivity contribution is 6.09. The fourth-order valence-electron chi connectivity index (χ4n) is 2.78. The van der Waals surface area contributed by atoms with E-state index in [4.69, 9.17) is 4.74 Å². The van der Waals surface area contributed by atoms with Crippen LogP contribution in [-0.4, -0.2) is 23.3 Å². The van der Waals surface area contributed by atoms with Gasteiger partial charge in [0, 0.05) is 28.7 Å². The molecule has 0 unspecified atom stereocenters. The zero-order valence-corrected chi connectivity index (χ0v) is 14.3. The van der Waals surface area contributed by atoms with Gasteiger partial charge in [0.1, 0.15) is 5.82 Å². The van der Waals surface area contributed by atoms with Gasteiger partial charge in [-0.15, -0.1) is 0 Å². The van der Waals surface area contributed by atoms with Crippen molar-refractivity contribution in [1.29, 1.82) is 0 Å². The molecule has 5 heteroatoms. The van der Waals surface area contributed by atoms with Gasteiger partial charge in [-0.1, -0.05) is 37.3 Å². The molecule has 2 aromatic carbocycles. The molecule has 0 aliphatic rings. The fourth-order valence-corrected chi connectivity index (χ4v) is 2.78. The van der Waals surface area contributed by atoms with Crippen molar-refractivity contribution < 1.29 is 18.7 Å². The summed E-state index contributed by atoms with van der Waals surface area (Å²) in [4.78, 5) is 27.3. The van der Waals surface area contributed by atoms with Gasteiger partial charge in [0.25, 0.3) is 0 Å². The SMILES string of the molecule is CCc1cccc2c(C(=O)COC(=O)/C=C/c3cccc(F)c3)c[nH]c12. The van der Waals surface area contributed by atoms with Crippen LogP contribution >= 0.6 is 0 Å². The maximum absolute atomic E-state index is 13.1. The van der Waals surface area contributed by atoms with Gasteiger partial charge < -0.3 is 9.72 Å². The third kappa shape index (κ3) is 3.88. The van der Waals surface area contributed by atoms with E-state index in [1.54, 1.807) is 18.3 Å². The maximum Gasteiger partial charge on any atom is 0.331 e. The number of aromatic amines is 1. The molecule has 0 bridgehead atoms. The van der Waals surface area contributed by atoms with E-state index in [1.807, 2.05) is 25.1 Å². The molecule has 132 valence electrons. The molecule has 0 aliphatic heterocycles. The Hall–Kier alpha value is -3.21. The van der Waals surface area contributed by atoms with Crippen LogP contribution in [0.2, 0.25) is 0 Å². The summed E-state index contributed by atoms with van der Waals surface area (Å²) >= 11 is 0. The van der Waals surface area contributed by atoms with Gasteiger partial charge in [0.15, 0.2) is 6.61 Å². The van der Waals surface area contributed by atoms with Crippen molar-refractivity contribution in [2.24, 2.45) is 0 Å². The molecule has 1 N–H and O–H groups in total. The van der Waals surface area contributed by atoms with Crippen LogP contribution in [0.3, 0.4) is 0 Å². The Labute approximate surface area is 150 Å². The average molecular weight is 351 g/mol. The molecular weight excluding hydrogens is 333 g/mol. The van der Waals surface area contributed by atoms with Crippen LogP contribution < -0.4 is 0 Å². The van der Waals surface area contributed by atoms with Crippen molar-refractivity contribution in [2.45, 2.75) is 13.3 Å². The summed E-state index contributed by atoms with van der Waals surface area (Å²) in [5.41, 5.74) is 3.08. The number of aromatic nitrogens is 1. The number of benzene rings is 2. The van der Waals surface area contributed by atoms with E-state index in [0.29, 0.717) is 11.1 Å². The summed E-state index contributed by atoms with van der Waals surface area (Å²) in [5.74, 6) is -1.32. The zero-order chi connectivity index (χ0) is 18.5. The topological polar surface area (TPSA) is 59.2 Å². The number of Topliss-reactive ketones (excluding diaryl/α,β-unsaturated/α-hetero) is 1. The van der Waals surface area contributed by atoms with Gasteiger partial charge in [-0.2, -0.15) is 0 Å². The number of rotatable bonds is 6. The summed E-state index contributed by atoms with van der Waals surface area (Å²) in [5, 5.41) is 0.820. The van der Waals surface area contributed by atoms with E-state index in [9.17, 15) is 14.0 Å². The third-order valence-corrected chi connectivity index (χ3v) is 4.09. The fraction of sp³-hybridized carbons (Fsp3) is 0.143. The van der Waals surface area contributed by atoms with Crippen LogP contribution in [0.1, 0.15) is 28.4 Å². The largest absolute Gasteiger partial charge is 0.454 e. The minimum absolute atomic E-state index is 0.281. The molecule has 26 heavy (non-hydrogen) atoms. The molecule has 0 spiro atoms. The second-order valence-electron chi connectivity index (χ2n) is 5.81. The molecule has 3 rings (SSSR count). The second-order valence-corrected chi connectivity index (χ2v) is 5.81. The first-order chi connectivity index (χ1) is 12.6. The van der Waals surface area contributed by atoms with Crippen LogP contribution in [0.25, 0.3) is 17.0 Å². The molecule has 0 fully saturated rings. The lowest BCUT2D eigenvalue weighted by Crippen LogP contribution is -2.12. The molecule has 1 aromatic heterocycles. The molecule has 4 nitrogen and oxygen atoms in total. The zero-order valence-electron chi connectivity index (χ0n) is 14.3. The van der Waals surface area contributed by atoms with E-state index in [0.717, 1.165) is 22.9 Å². The maximum atomic E-state index is 13.1. The molecule has 0 radical (unpaired) electrons. The molecule has 0 aliphatic carbocycles. The van der Waals surface area contributed by atoms with Crippen molar-refractivity contribution in [3.05, 3.63) is 77.2 Å². The van der Waals surface area contributed by atoms with E-state index >= 15 is 0 Å². The van der Waals surface area contributed by atoms with Gasteiger partial charge in [-0.3, -0.25) is 4.79 Å². The molecule has 0 saturated heterocycles. The van der Waals surface area contributed by atoms with Gasteiger partial charge in [0.05, 0.1) is 0 Å². The predicted molar refractivity (Wildman–Crippen MR) is 98.4 cm³/mol. The smallest absolute Gasteiger partial charge is 0.331 e. The Kier molecular flexibility index (Phi) is 5.27. The Balaban J connectivity index is 1.65. The van der Waals surface area contributed by atoms with E-state index in [-0.39, 0.29) is 18.2 Å². The highest BCUT2D eigenvalue weighted by Crippen LogP contribution is 2.22. The molecule has 3 aromatic rings. The van der Waals surface area contributed by atoms with Crippen LogP contribution in [0.4, 0.5) is 4.39 Å². The number of hydrogen-bond donors (Lipinski definition) is 1. The highest BCUT2D eigenvalue weighted by Gasteiger charge is 2.14. The normalized spacial score (nSPS) is 11.2. The number of para-hydroxylation sites is 1. The quantitative estimate of drug-likeness (QED) is 0.409. The van der Waals surface area contributed by atoms with Crippen molar-refractivity contribution in [2.75, 3.05) is 6.61 Å². The summed E-state index contributed by atoms with van der Waals surface area (Å²) in [6.45, 7) is 1.69. The van der Waals surface area contributed by atoms with Crippen molar-refractivity contribution in [3.63, 3.8) is 0 Å². The lowest BCUT2D eigenvalue weighted by Gasteiger charge is -2.02. The van der Waals surface area contributed by atoms with Crippen LogP contribution in [0.5, 0.6) is 0 Å². The van der Waals surface area contributed by atoms with Crippen molar-refractivity contribution in [1.82, 2.24) is 4.98 Å². The standard InChI is InChI=1S/C21H18FNO3/c1-2-15-6-4-8-17-18(12-23-21(15)17)19(24)13-26-20(25)10-9-14-5-3-7-16(22)11-14/h3-12,23H,2,13H2,1H3/b10-9+. The van der Waals surface area contributed by atoms with E-state index < -0.39 is 5.97 Å². The second kappa shape index (κ2) is 7.78. The number of esters is 1. The van der Waals surface area contributed by atoms with Crippen LogP contribution in [0, 0.1) is 5.82 Å². The number of fused-ring (bicyclic) bond motifs is 1. The number of ketones is 1. The minimum Gasteiger partial charge on any atom is -0.454 e. The monoisotopic (exact) mass is 351 g/mol. The predicted octanol–water partition coefficient (Wildman–Crippen LogP) is 4.31. The summed E-state index contributed by atoms with van der Waals surface area (Å²) < 4.78 is 18.1. The van der Waals surface area contributed by atoms with Crippen LogP contribution in [-0.2, 0) is 16.0 Å². The third-order valence-electron chi connectivity index (χ3n) is 4.09. The number of halogens is 1. The summed E-state index contributed by atoms with van der Waals surface area (Å²) in [6, 6.07) is 11.6. The van der Waals surface area contributed by atoms with Gasteiger partial charge in [-0.05, 0) is 35.8 Å². The first-order valence-electron chi connectivity index (χ1n) is 8.31. The number of carbonyl (C=O) groups excluding carboxylic acids is 2. The number of hydrogen-bond acceptors (Lipinski definition) is 3. The number of nitrogens with one attached hydrogen (secondary N) is 1. The van der Waals surface area contributed by atoms with Gasteiger partial charge in [0.2, 0.25) is 5.78 Å². The molecule has 0 amide bonds. The summed E-state index contributed by atoms with van der Waals surface area (Å²) in [6.07, 6.45) is 5.11. The van der Waals surface area contributed by atoms with E-state index in [1.165, 1.54) is 24.3 Å². The lowest BCUT2D eigenvalue weighted by atomic mass is 10.1. The number of aryl methyl sites for hydroxylation is 1. The Morgan fingerprint density at radius 3 is 2.77 bits per heavy atom. The highest BCUT2D eigenvalue weighted by atomic mass is 19.1. The first-order valence-corrected chi connectivity index (χ1v) is 8.31. The Morgan fingerprint density at radius 2 is 2.00 bits per heavy atom. The Bertz CT molecular complexity index is 988. The molecule has 0 atom stereocenters. The first kappa shape index (κ1) is 17.6. The van der Waals surface area contributed by atoms with E-state index in [2.05, 4.69) is 4.98 Å². The Morgan fingerprint density at radius 1 is 1.19 bits per heavy atom.